The summed E-state index contributed by atoms with van der Waals surface area (Å²) < 4.78 is 24.9. The Morgan fingerprint density at radius 2 is 1.83 bits per heavy atom. The normalized spacial score (nSPS) is 14.1. The molecule has 4 nitrogen and oxygen atoms in total. The highest BCUT2D eigenvalue weighted by Gasteiger charge is 2.19. The predicted octanol–water partition coefficient (Wildman–Crippen LogP) is 3.78. The molecule has 24 heavy (non-hydrogen) atoms. The first-order chi connectivity index (χ1) is 11.5. The molecule has 1 amide bonds. The number of halogens is 2. The van der Waals surface area contributed by atoms with Gasteiger partial charge in [0, 0.05) is 4.47 Å². The van der Waals surface area contributed by atoms with Gasteiger partial charge < -0.3 is 14.8 Å². The van der Waals surface area contributed by atoms with Crippen molar-refractivity contribution in [3.63, 3.8) is 0 Å². The average Bonchev–Trinajstić information content (AvgIpc) is 2.56. The SMILES string of the molecule is CC(NC(=O)Cc1ccc(F)cc1)c1cc2c(cc1Br)OCCO2. The van der Waals surface area contributed by atoms with E-state index in [0.717, 1.165) is 15.6 Å². The lowest BCUT2D eigenvalue weighted by molar-refractivity contribution is -0.121. The van der Waals surface area contributed by atoms with Crippen LogP contribution in [-0.4, -0.2) is 19.1 Å². The Balaban J connectivity index is 1.69. The average molecular weight is 394 g/mol. The lowest BCUT2D eigenvalue weighted by atomic mass is 10.1. The van der Waals surface area contributed by atoms with Gasteiger partial charge in [0.2, 0.25) is 5.91 Å². The van der Waals surface area contributed by atoms with Crippen molar-refractivity contribution in [3.8, 4) is 11.5 Å². The number of carbonyl (C=O) groups is 1. The molecule has 2 aromatic carbocycles. The summed E-state index contributed by atoms with van der Waals surface area (Å²) in [5.74, 6) is 0.935. The van der Waals surface area contributed by atoms with E-state index in [2.05, 4.69) is 21.2 Å². The van der Waals surface area contributed by atoms with Crippen molar-refractivity contribution in [3.05, 3.63) is 57.8 Å². The molecule has 0 bridgehead atoms. The second-order valence-electron chi connectivity index (χ2n) is 5.61. The van der Waals surface area contributed by atoms with Gasteiger partial charge in [0.1, 0.15) is 19.0 Å². The molecule has 1 heterocycles. The number of rotatable bonds is 4. The van der Waals surface area contributed by atoms with Crippen LogP contribution in [0.3, 0.4) is 0 Å². The summed E-state index contributed by atoms with van der Waals surface area (Å²) in [6, 6.07) is 9.45. The number of hydrogen-bond donors (Lipinski definition) is 1. The first-order valence-corrected chi connectivity index (χ1v) is 8.45. The fourth-order valence-electron chi connectivity index (χ4n) is 2.57. The van der Waals surface area contributed by atoms with E-state index in [1.165, 1.54) is 12.1 Å². The third kappa shape index (κ3) is 3.87. The second-order valence-corrected chi connectivity index (χ2v) is 6.46. The van der Waals surface area contributed by atoms with E-state index >= 15 is 0 Å². The molecule has 1 N–H and O–H groups in total. The smallest absolute Gasteiger partial charge is 0.224 e. The van der Waals surface area contributed by atoms with Crippen molar-refractivity contribution >= 4 is 21.8 Å². The number of ether oxygens (including phenoxy) is 2. The number of carbonyl (C=O) groups excluding carboxylic acids is 1. The minimum atomic E-state index is -0.312. The van der Waals surface area contributed by atoms with Crippen molar-refractivity contribution in [2.45, 2.75) is 19.4 Å². The van der Waals surface area contributed by atoms with Crippen LogP contribution in [0, 0.1) is 5.82 Å². The van der Waals surface area contributed by atoms with Gasteiger partial charge in [-0.2, -0.15) is 0 Å². The van der Waals surface area contributed by atoms with Gasteiger partial charge in [0.15, 0.2) is 11.5 Å². The molecule has 2 aromatic rings. The van der Waals surface area contributed by atoms with Crippen molar-refractivity contribution in [2.75, 3.05) is 13.2 Å². The summed E-state index contributed by atoms with van der Waals surface area (Å²) in [5, 5.41) is 2.95. The van der Waals surface area contributed by atoms with E-state index in [1.54, 1.807) is 12.1 Å². The Morgan fingerprint density at radius 3 is 2.50 bits per heavy atom. The number of hydrogen-bond acceptors (Lipinski definition) is 3. The van der Waals surface area contributed by atoms with Crippen LogP contribution in [0.2, 0.25) is 0 Å². The fraction of sp³-hybridized carbons (Fsp3) is 0.278. The van der Waals surface area contributed by atoms with Crippen molar-refractivity contribution in [2.24, 2.45) is 0 Å². The molecule has 0 spiro atoms. The number of amides is 1. The Morgan fingerprint density at radius 1 is 1.21 bits per heavy atom. The maximum absolute atomic E-state index is 12.9. The molecule has 0 fully saturated rings. The van der Waals surface area contributed by atoms with Crippen LogP contribution in [0.5, 0.6) is 11.5 Å². The maximum Gasteiger partial charge on any atom is 0.224 e. The summed E-state index contributed by atoms with van der Waals surface area (Å²) in [6.45, 7) is 2.95. The lowest BCUT2D eigenvalue weighted by Gasteiger charge is -2.22. The lowest BCUT2D eigenvalue weighted by Crippen LogP contribution is -2.28. The molecule has 1 atom stereocenters. The molecular formula is C18H17BrFNO3. The molecule has 6 heteroatoms. The second kappa shape index (κ2) is 7.21. The summed E-state index contributed by atoms with van der Waals surface area (Å²) in [7, 11) is 0. The van der Waals surface area contributed by atoms with Crippen LogP contribution in [0.1, 0.15) is 24.1 Å². The van der Waals surface area contributed by atoms with Crippen LogP contribution >= 0.6 is 15.9 Å². The van der Waals surface area contributed by atoms with Crippen LogP contribution in [0.25, 0.3) is 0 Å². The van der Waals surface area contributed by atoms with E-state index in [1.807, 2.05) is 19.1 Å². The highest BCUT2D eigenvalue weighted by Crippen LogP contribution is 2.37. The zero-order chi connectivity index (χ0) is 17.1. The third-order valence-corrected chi connectivity index (χ3v) is 4.47. The standard InChI is InChI=1S/C18H17BrFNO3/c1-11(21-18(22)8-12-2-4-13(20)5-3-12)14-9-16-17(10-15(14)19)24-7-6-23-16/h2-5,9-11H,6-8H2,1H3,(H,21,22). The third-order valence-electron chi connectivity index (χ3n) is 3.78. The summed E-state index contributed by atoms with van der Waals surface area (Å²) in [5.41, 5.74) is 1.68. The van der Waals surface area contributed by atoms with Gasteiger partial charge in [-0.1, -0.05) is 28.1 Å². The Labute approximate surface area is 148 Å². The summed E-state index contributed by atoms with van der Waals surface area (Å²) in [4.78, 5) is 12.2. The van der Waals surface area contributed by atoms with E-state index in [9.17, 15) is 9.18 Å². The molecule has 0 aromatic heterocycles. The minimum Gasteiger partial charge on any atom is -0.486 e. The van der Waals surface area contributed by atoms with Gasteiger partial charge in [0.25, 0.3) is 0 Å². The van der Waals surface area contributed by atoms with Crippen molar-refractivity contribution < 1.29 is 18.7 Å². The first-order valence-electron chi connectivity index (χ1n) is 7.66. The van der Waals surface area contributed by atoms with E-state index < -0.39 is 0 Å². The Kier molecular flexibility index (Phi) is 5.04. The van der Waals surface area contributed by atoms with Gasteiger partial charge in [0.05, 0.1) is 12.5 Å². The van der Waals surface area contributed by atoms with Crippen molar-refractivity contribution in [1.29, 1.82) is 0 Å². The predicted molar refractivity (Wildman–Crippen MR) is 91.8 cm³/mol. The molecular weight excluding hydrogens is 377 g/mol. The fourth-order valence-corrected chi connectivity index (χ4v) is 3.24. The molecule has 1 aliphatic rings. The molecule has 1 aliphatic heterocycles. The quantitative estimate of drug-likeness (QED) is 0.859. The first kappa shape index (κ1) is 16.8. The number of fused-ring (bicyclic) bond motifs is 1. The van der Waals surface area contributed by atoms with E-state index in [0.29, 0.717) is 24.7 Å². The zero-order valence-corrected chi connectivity index (χ0v) is 14.7. The topological polar surface area (TPSA) is 47.6 Å². The molecule has 0 radical (unpaired) electrons. The molecule has 126 valence electrons. The molecule has 0 saturated heterocycles. The monoisotopic (exact) mass is 393 g/mol. The van der Waals surface area contributed by atoms with Crippen LogP contribution in [0.15, 0.2) is 40.9 Å². The highest BCUT2D eigenvalue weighted by atomic mass is 79.9. The Hall–Kier alpha value is -2.08. The van der Waals surface area contributed by atoms with E-state index in [-0.39, 0.29) is 24.2 Å². The van der Waals surface area contributed by atoms with Gasteiger partial charge >= 0.3 is 0 Å². The molecule has 3 rings (SSSR count). The number of benzene rings is 2. The van der Waals surface area contributed by atoms with Crippen LogP contribution in [0.4, 0.5) is 4.39 Å². The minimum absolute atomic E-state index is 0.129. The molecule has 0 aliphatic carbocycles. The largest absolute Gasteiger partial charge is 0.486 e. The van der Waals surface area contributed by atoms with Crippen LogP contribution in [-0.2, 0) is 11.2 Å². The summed E-state index contributed by atoms with van der Waals surface area (Å²) >= 11 is 3.51. The van der Waals surface area contributed by atoms with Gasteiger partial charge in [-0.15, -0.1) is 0 Å². The number of nitrogens with one attached hydrogen (secondary N) is 1. The van der Waals surface area contributed by atoms with Crippen molar-refractivity contribution in [1.82, 2.24) is 5.32 Å². The van der Waals surface area contributed by atoms with E-state index in [4.69, 9.17) is 9.47 Å². The van der Waals surface area contributed by atoms with Gasteiger partial charge in [-0.3, -0.25) is 4.79 Å². The Bertz CT molecular complexity index is 749. The van der Waals surface area contributed by atoms with Gasteiger partial charge in [-0.25, -0.2) is 4.39 Å². The molecule has 1 unspecified atom stereocenters. The maximum atomic E-state index is 12.9. The molecule has 0 saturated carbocycles. The highest BCUT2D eigenvalue weighted by molar-refractivity contribution is 9.10. The van der Waals surface area contributed by atoms with Crippen LogP contribution < -0.4 is 14.8 Å². The van der Waals surface area contributed by atoms with Gasteiger partial charge in [-0.05, 0) is 42.3 Å². The zero-order valence-electron chi connectivity index (χ0n) is 13.1. The summed E-state index contributed by atoms with van der Waals surface area (Å²) in [6.07, 6.45) is 0.201.